The zero-order valence-electron chi connectivity index (χ0n) is 13.2. The lowest BCUT2D eigenvalue weighted by atomic mass is 9.38. The van der Waals surface area contributed by atoms with Crippen molar-refractivity contribution in [3.63, 3.8) is 0 Å². The summed E-state index contributed by atoms with van der Waals surface area (Å²) in [5.74, 6) is 0. The fraction of sp³-hybridized carbons (Fsp3) is 0.538. The van der Waals surface area contributed by atoms with Crippen LogP contribution >= 0.6 is 0 Å². The molecule has 0 spiro atoms. The van der Waals surface area contributed by atoms with Crippen LogP contribution in [0.25, 0.3) is 0 Å². The van der Waals surface area contributed by atoms with E-state index >= 15 is 0 Å². The highest BCUT2D eigenvalue weighted by Crippen LogP contribution is 2.36. The predicted molar refractivity (Wildman–Crippen MR) is 89.5 cm³/mol. The molecular weight excluding hydrogens is 231 g/mol. The minimum absolute atomic E-state index is 0.0835. The fourth-order valence-electron chi connectivity index (χ4n) is 2.36. The molecule has 2 nitrogen and oxygen atoms in total. The molecule has 0 aliphatic carbocycles. The molecule has 0 atom stereocenters. The lowest BCUT2D eigenvalue weighted by Gasteiger charge is -2.32. The second-order valence-electron chi connectivity index (χ2n) is 7.43. The van der Waals surface area contributed by atoms with Crippen molar-refractivity contribution in [2.24, 2.45) is 0 Å². The van der Waals surface area contributed by atoms with Crippen LogP contribution in [0.2, 0.25) is 0 Å². The number of hydrogen-bond acceptors (Lipinski definition) is 2. The van der Waals surface area contributed by atoms with E-state index in [9.17, 15) is 0 Å². The van der Waals surface area contributed by atoms with Crippen molar-refractivity contribution in [2.75, 3.05) is 0 Å². The monoisotopic (exact) mass is 254 g/mol. The van der Waals surface area contributed by atoms with Gasteiger partial charge in [0.25, 0.3) is 0 Å². The smallest absolute Gasteiger partial charge is 0.399 e. The summed E-state index contributed by atoms with van der Waals surface area (Å²) in [6.45, 7) is 8.36. The molecular formula is C13H22B4O2. The van der Waals surface area contributed by atoms with Gasteiger partial charge in [-0.1, -0.05) is 34.9 Å². The summed E-state index contributed by atoms with van der Waals surface area (Å²) in [6.07, 6.45) is 0. The normalized spacial score (nSPS) is 21.6. The summed E-state index contributed by atoms with van der Waals surface area (Å²) in [7, 11) is 6.38. The largest absolute Gasteiger partial charge is 0.495 e. The first-order chi connectivity index (χ1) is 8.55. The van der Waals surface area contributed by atoms with Crippen molar-refractivity contribution >= 4 is 36.1 Å². The highest BCUT2D eigenvalue weighted by molar-refractivity contribution is 6.66. The highest BCUT2D eigenvalue weighted by atomic mass is 16.7. The lowest BCUT2D eigenvalue weighted by Crippen LogP contribution is -2.43. The molecule has 0 bridgehead atoms. The Morgan fingerprint density at radius 3 is 1.89 bits per heavy atom. The molecule has 0 aromatic heterocycles. The van der Waals surface area contributed by atoms with E-state index in [0.29, 0.717) is 0 Å². The Bertz CT molecular complexity index is 464. The lowest BCUT2D eigenvalue weighted by molar-refractivity contribution is 0.00578. The van der Waals surface area contributed by atoms with E-state index in [1.807, 2.05) is 0 Å². The van der Waals surface area contributed by atoms with Gasteiger partial charge in [-0.2, -0.15) is 0 Å². The average molecular weight is 254 g/mol. The summed E-state index contributed by atoms with van der Waals surface area (Å²) >= 11 is 0. The molecule has 0 N–H and O–H groups in total. The van der Waals surface area contributed by atoms with E-state index < -0.39 is 0 Å². The van der Waals surface area contributed by atoms with E-state index in [1.165, 1.54) is 5.56 Å². The van der Waals surface area contributed by atoms with Gasteiger partial charge in [-0.3, -0.25) is 0 Å². The molecule has 0 radical (unpaired) electrons. The maximum atomic E-state index is 6.16. The molecule has 1 aromatic carbocycles. The Kier molecular flexibility index (Phi) is 3.47. The summed E-state index contributed by atoms with van der Waals surface area (Å²) < 4.78 is 12.3. The first-order valence-electron chi connectivity index (χ1n) is 7.00. The van der Waals surface area contributed by atoms with Gasteiger partial charge in [-0.25, -0.2) is 0 Å². The van der Waals surface area contributed by atoms with Crippen molar-refractivity contribution in [2.45, 2.75) is 44.0 Å². The van der Waals surface area contributed by atoms with Gasteiger partial charge < -0.3 is 9.31 Å². The molecule has 0 amide bonds. The van der Waals surface area contributed by atoms with Gasteiger partial charge in [0.05, 0.1) is 34.7 Å². The summed E-state index contributed by atoms with van der Waals surface area (Å²) in [5, 5.41) is 0.0835. The van der Waals surface area contributed by atoms with Crippen LogP contribution in [-0.2, 0) is 14.4 Å². The highest BCUT2D eigenvalue weighted by Gasteiger charge is 2.52. The Hall–Kier alpha value is -0.600. The van der Waals surface area contributed by atoms with Crippen LogP contribution < -0.4 is 5.46 Å². The standard InChI is InChI=1S/C13H22B4O2/c1-11(2)12(3,4)19-17(18-11)10-8-6-5-7-9(10)13(14,15)16/h5-8H,14-16H2,1-4H3. The maximum Gasteiger partial charge on any atom is 0.495 e. The molecule has 0 saturated carbocycles. The second-order valence-corrected chi connectivity index (χ2v) is 7.43. The molecule has 1 saturated heterocycles. The molecule has 19 heavy (non-hydrogen) atoms. The average Bonchev–Trinajstić information content (AvgIpc) is 2.47. The minimum Gasteiger partial charge on any atom is -0.399 e. The second kappa shape index (κ2) is 4.46. The third kappa shape index (κ3) is 2.66. The van der Waals surface area contributed by atoms with Crippen LogP contribution in [-0.4, -0.2) is 41.9 Å². The quantitative estimate of drug-likeness (QED) is 0.629. The van der Waals surface area contributed by atoms with Crippen LogP contribution in [0.5, 0.6) is 0 Å². The summed E-state index contributed by atoms with van der Waals surface area (Å²) in [6, 6.07) is 8.41. The van der Waals surface area contributed by atoms with E-state index in [4.69, 9.17) is 9.31 Å². The minimum atomic E-state index is -0.289. The molecule has 1 aromatic rings. The van der Waals surface area contributed by atoms with Crippen LogP contribution in [0.15, 0.2) is 24.3 Å². The Morgan fingerprint density at radius 1 is 0.947 bits per heavy atom. The van der Waals surface area contributed by atoms with Gasteiger partial charge >= 0.3 is 7.12 Å². The zero-order chi connectivity index (χ0) is 14.5. The molecule has 98 valence electrons. The Balaban J connectivity index is 2.41. The first kappa shape index (κ1) is 14.8. The van der Waals surface area contributed by atoms with Crippen LogP contribution in [0.3, 0.4) is 0 Å². The van der Waals surface area contributed by atoms with Crippen LogP contribution in [0.4, 0.5) is 0 Å². The Morgan fingerprint density at radius 2 is 1.42 bits per heavy atom. The first-order valence-corrected chi connectivity index (χ1v) is 7.00. The molecule has 1 heterocycles. The SMILES string of the molecule is BC(B)(B)c1ccccc1B1OC(C)(C)C(C)(C)O1. The Labute approximate surface area is 120 Å². The van der Waals surface area contributed by atoms with Gasteiger partial charge in [0.2, 0.25) is 0 Å². The topological polar surface area (TPSA) is 18.5 Å². The summed E-state index contributed by atoms with van der Waals surface area (Å²) in [5.41, 5.74) is 1.85. The third-order valence-corrected chi connectivity index (χ3v) is 4.28. The van der Waals surface area contributed by atoms with Gasteiger partial charge in [0.15, 0.2) is 0 Å². The number of rotatable bonds is 2. The van der Waals surface area contributed by atoms with Crippen molar-refractivity contribution in [3.8, 4) is 0 Å². The molecule has 6 heteroatoms. The molecule has 1 aliphatic rings. The van der Waals surface area contributed by atoms with Crippen molar-refractivity contribution < 1.29 is 9.31 Å². The summed E-state index contributed by atoms with van der Waals surface area (Å²) in [4.78, 5) is 0. The molecule has 1 fully saturated rings. The van der Waals surface area contributed by atoms with E-state index in [2.05, 4.69) is 75.5 Å². The molecule has 1 aliphatic heterocycles. The van der Waals surface area contributed by atoms with Crippen molar-refractivity contribution in [1.29, 1.82) is 0 Å². The number of benzene rings is 1. The van der Waals surface area contributed by atoms with Crippen molar-refractivity contribution in [1.82, 2.24) is 0 Å². The van der Waals surface area contributed by atoms with Crippen LogP contribution in [0.1, 0.15) is 33.3 Å². The van der Waals surface area contributed by atoms with E-state index in [0.717, 1.165) is 5.46 Å². The maximum absolute atomic E-state index is 6.16. The van der Waals surface area contributed by atoms with E-state index in [1.54, 1.807) is 0 Å². The molecule has 0 unspecified atom stereocenters. The van der Waals surface area contributed by atoms with Gasteiger partial charge in [0.1, 0.15) is 0 Å². The molecule has 2 rings (SSSR count). The van der Waals surface area contributed by atoms with Gasteiger partial charge in [-0.15, -0.1) is 0 Å². The predicted octanol–water partition coefficient (Wildman–Crippen LogP) is -1.00. The number of hydrogen-bond donors (Lipinski definition) is 0. The zero-order valence-corrected chi connectivity index (χ0v) is 13.2. The van der Waals surface area contributed by atoms with Crippen molar-refractivity contribution in [3.05, 3.63) is 29.8 Å². The van der Waals surface area contributed by atoms with Gasteiger partial charge in [0, 0.05) is 0 Å². The third-order valence-electron chi connectivity index (χ3n) is 4.28. The fourth-order valence-corrected chi connectivity index (χ4v) is 2.36. The van der Waals surface area contributed by atoms with Gasteiger partial charge in [-0.05, 0) is 33.2 Å². The van der Waals surface area contributed by atoms with Crippen LogP contribution in [0, 0.1) is 0 Å². The van der Waals surface area contributed by atoms with E-state index in [-0.39, 0.29) is 23.4 Å².